The van der Waals surface area contributed by atoms with Crippen LogP contribution in [0, 0.1) is 0 Å². The van der Waals surface area contributed by atoms with Crippen molar-refractivity contribution in [1.29, 1.82) is 0 Å². The summed E-state index contributed by atoms with van der Waals surface area (Å²) in [6.07, 6.45) is 0.300. The van der Waals surface area contributed by atoms with E-state index in [2.05, 4.69) is 15.3 Å². The fraction of sp³-hybridized carbons (Fsp3) is 0.111. The Morgan fingerprint density at radius 2 is 1.96 bits per heavy atom. The molecule has 4 aromatic rings. The second-order valence-corrected chi connectivity index (χ2v) is 6.89. The largest absolute Gasteiger partial charge is 0.507 e. The zero-order valence-electron chi connectivity index (χ0n) is 13.8. The lowest BCUT2D eigenvalue weighted by molar-refractivity contribution is 0.174. The van der Waals surface area contributed by atoms with Crippen molar-refractivity contribution in [3.63, 3.8) is 0 Å². The number of ether oxygens (including phenoxy) is 2. The van der Waals surface area contributed by atoms with Gasteiger partial charge in [-0.15, -0.1) is 10.2 Å². The highest BCUT2D eigenvalue weighted by Gasteiger charge is 2.17. The Morgan fingerprint density at radius 1 is 1.11 bits per heavy atom. The first-order chi connectivity index (χ1) is 13.2. The van der Waals surface area contributed by atoms with Crippen LogP contribution in [0.3, 0.4) is 0 Å². The molecule has 0 saturated heterocycles. The van der Waals surface area contributed by atoms with Crippen LogP contribution in [0.1, 0.15) is 11.3 Å². The van der Waals surface area contributed by atoms with Gasteiger partial charge in [0.15, 0.2) is 16.5 Å². The molecule has 9 heteroatoms. The lowest BCUT2D eigenvalue weighted by Gasteiger charge is -2.02. The maximum Gasteiger partial charge on any atom is 0.297 e. The van der Waals surface area contributed by atoms with E-state index in [0.29, 0.717) is 33.5 Å². The molecule has 2 aromatic carbocycles. The number of fused-ring (bicyclic) bond motifs is 2. The standard InChI is InChI=1S/C18H12N4O4S/c23-13-4-2-1-3-11(13)16-21-22-17(24)12(19-20-18(22)27-16)7-10-5-6-14-15(8-10)26-9-25-14/h1-6,8,23H,7,9H2. The average Bonchev–Trinajstić information content (AvgIpc) is 3.31. The molecule has 0 radical (unpaired) electrons. The number of benzene rings is 2. The van der Waals surface area contributed by atoms with Crippen LogP contribution in [0.5, 0.6) is 17.2 Å². The second kappa shape index (κ2) is 6.06. The van der Waals surface area contributed by atoms with Crippen molar-refractivity contribution in [2.75, 3.05) is 6.79 Å². The fourth-order valence-corrected chi connectivity index (χ4v) is 3.74. The van der Waals surface area contributed by atoms with Gasteiger partial charge in [-0.05, 0) is 29.8 Å². The number of hydrogen-bond donors (Lipinski definition) is 1. The SMILES string of the molecule is O=c1c(Cc2ccc3c(c2)OCO3)nnc2sc(-c3ccccc3O)nn12. The lowest BCUT2D eigenvalue weighted by Crippen LogP contribution is -2.22. The summed E-state index contributed by atoms with van der Waals surface area (Å²) >= 11 is 1.19. The van der Waals surface area contributed by atoms with Crippen molar-refractivity contribution >= 4 is 16.3 Å². The molecule has 5 rings (SSSR count). The van der Waals surface area contributed by atoms with Crippen LogP contribution in [0.25, 0.3) is 15.5 Å². The van der Waals surface area contributed by atoms with Crippen LogP contribution < -0.4 is 15.0 Å². The molecule has 0 aliphatic carbocycles. The normalized spacial score (nSPS) is 12.6. The van der Waals surface area contributed by atoms with Crippen LogP contribution >= 0.6 is 11.3 Å². The summed E-state index contributed by atoms with van der Waals surface area (Å²) in [5.41, 5.74) is 1.35. The van der Waals surface area contributed by atoms with Gasteiger partial charge in [-0.1, -0.05) is 29.5 Å². The van der Waals surface area contributed by atoms with E-state index in [-0.39, 0.29) is 23.8 Å². The zero-order chi connectivity index (χ0) is 18.4. The Morgan fingerprint density at radius 3 is 2.85 bits per heavy atom. The van der Waals surface area contributed by atoms with Crippen LogP contribution in [0.2, 0.25) is 0 Å². The number of aromatic nitrogens is 4. The molecule has 0 spiro atoms. The quantitative estimate of drug-likeness (QED) is 0.582. The average molecular weight is 380 g/mol. The van der Waals surface area contributed by atoms with E-state index in [0.717, 1.165) is 5.56 Å². The minimum Gasteiger partial charge on any atom is -0.507 e. The lowest BCUT2D eigenvalue weighted by atomic mass is 10.1. The maximum atomic E-state index is 12.8. The minimum absolute atomic E-state index is 0.0955. The molecule has 0 saturated carbocycles. The second-order valence-electron chi connectivity index (χ2n) is 5.93. The first-order valence-electron chi connectivity index (χ1n) is 8.11. The van der Waals surface area contributed by atoms with Crippen molar-refractivity contribution in [3.05, 3.63) is 64.1 Å². The predicted molar refractivity (Wildman–Crippen MR) is 97.4 cm³/mol. The first-order valence-corrected chi connectivity index (χ1v) is 8.93. The van der Waals surface area contributed by atoms with Crippen molar-refractivity contribution in [1.82, 2.24) is 19.8 Å². The van der Waals surface area contributed by atoms with E-state index in [1.165, 1.54) is 15.9 Å². The van der Waals surface area contributed by atoms with Gasteiger partial charge in [-0.25, -0.2) is 0 Å². The minimum atomic E-state index is -0.337. The van der Waals surface area contributed by atoms with Gasteiger partial charge in [0.05, 0.1) is 5.56 Å². The smallest absolute Gasteiger partial charge is 0.297 e. The Labute approximate surface area is 156 Å². The Bertz CT molecular complexity index is 1230. The molecule has 134 valence electrons. The number of aromatic hydroxyl groups is 1. The van der Waals surface area contributed by atoms with E-state index in [1.54, 1.807) is 30.3 Å². The molecule has 2 aromatic heterocycles. The highest BCUT2D eigenvalue weighted by Crippen LogP contribution is 2.33. The Kier molecular flexibility index (Phi) is 3.54. The van der Waals surface area contributed by atoms with E-state index >= 15 is 0 Å². The molecule has 27 heavy (non-hydrogen) atoms. The highest BCUT2D eigenvalue weighted by molar-refractivity contribution is 7.19. The van der Waals surface area contributed by atoms with Gasteiger partial charge in [0, 0.05) is 6.42 Å². The summed E-state index contributed by atoms with van der Waals surface area (Å²) in [5, 5.41) is 23.0. The Hall–Kier alpha value is -3.46. The number of para-hydroxylation sites is 1. The van der Waals surface area contributed by atoms with Crippen LogP contribution in [-0.2, 0) is 6.42 Å². The molecule has 0 bridgehead atoms. The van der Waals surface area contributed by atoms with Gasteiger partial charge in [-0.3, -0.25) is 4.79 Å². The molecule has 3 heterocycles. The third-order valence-electron chi connectivity index (χ3n) is 4.20. The summed E-state index contributed by atoms with van der Waals surface area (Å²) in [6.45, 7) is 0.196. The van der Waals surface area contributed by atoms with Gasteiger partial charge >= 0.3 is 0 Å². The van der Waals surface area contributed by atoms with E-state index < -0.39 is 0 Å². The van der Waals surface area contributed by atoms with Gasteiger partial charge in [0.25, 0.3) is 5.56 Å². The summed E-state index contributed by atoms with van der Waals surface area (Å²) in [6, 6.07) is 12.3. The molecule has 0 amide bonds. The molecule has 0 unspecified atom stereocenters. The summed E-state index contributed by atoms with van der Waals surface area (Å²) < 4.78 is 11.9. The fourth-order valence-electron chi connectivity index (χ4n) is 2.87. The third-order valence-corrected chi connectivity index (χ3v) is 5.13. The number of hydrogen-bond acceptors (Lipinski definition) is 8. The van der Waals surface area contributed by atoms with Crippen LogP contribution in [-0.4, -0.2) is 31.7 Å². The van der Waals surface area contributed by atoms with Gasteiger partial charge < -0.3 is 14.6 Å². The van der Waals surface area contributed by atoms with E-state index in [9.17, 15) is 9.90 Å². The molecule has 1 N–H and O–H groups in total. The summed E-state index contributed by atoms with van der Waals surface area (Å²) in [5.74, 6) is 1.43. The van der Waals surface area contributed by atoms with Crippen LogP contribution in [0.4, 0.5) is 0 Å². The Balaban J connectivity index is 1.54. The van der Waals surface area contributed by atoms with Crippen molar-refractivity contribution in [2.45, 2.75) is 6.42 Å². The molecule has 8 nitrogen and oxygen atoms in total. The molecule has 1 aliphatic rings. The van der Waals surface area contributed by atoms with Crippen molar-refractivity contribution in [3.8, 4) is 27.8 Å². The number of nitrogens with zero attached hydrogens (tertiary/aromatic N) is 4. The molecular formula is C18H12N4O4S. The van der Waals surface area contributed by atoms with Crippen molar-refractivity contribution < 1.29 is 14.6 Å². The van der Waals surface area contributed by atoms with Gasteiger partial charge in [0.1, 0.15) is 11.4 Å². The molecule has 0 atom stereocenters. The zero-order valence-corrected chi connectivity index (χ0v) is 14.6. The van der Waals surface area contributed by atoms with Crippen molar-refractivity contribution in [2.24, 2.45) is 0 Å². The summed E-state index contributed by atoms with van der Waals surface area (Å²) in [4.78, 5) is 13.2. The van der Waals surface area contributed by atoms with Gasteiger partial charge in [-0.2, -0.15) is 9.61 Å². The number of phenols is 1. The van der Waals surface area contributed by atoms with Gasteiger partial charge in [0.2, 0.25) is 11.8 Å². The topological polar surface area (TPSA) is 98.8 Å². The first kappa shape index (κ1) is 15.8. The monoisotopic (exact) mass is 380 g/mol. The maximum absolute atomic E-state index is 12.8. The van der Waals surface area contributed by atoms with Crippen LogP contribution in [0.15, 0.2) is 47.3 Å². The number of phenolic OH excluding ortho intramolecular Hbond substituents is 1. The van der Waals surface area contributed by atoms with E-state index in [1.807, 2.05) is 12.1 Å². The highest BCUT2D eigenvalue weighted by atomic mass is 32.1. The predicted octanol–water partition coefficient (Wildman–Crippen LogP) is 2.24. The molecule has 0 fully saturated rings. The third kappa shape index (κ3) is 2.68. The molecule has 1 aliphatic heterocycles. The number of rotatable bonds is 3. The summed E-state index contributed by atoms with van der Waals surface area (Å²) in [7, 11) is 0. The molecular weight excluding hydrogens is 368 g/mol. The van der Waals surface area contributed by atoms with E-state index in [4.69, 9.17) is 9.47 Å².